The molecule has 2 N–H and O–H groups in total. The van der Waals surface area contributed by atoms with Crippen LogP contribution in [0.2, 0.25) is 0 Å². The molecule has 0 radical (unpaired) electrons. The molecule has 2 aliphatic heterocycles. The van der Waals surface area contributed by atoms with Gasteiger partial charge in [0.15, 0.2) is 5.11 Å². The Kier molecular flexibility index (Phi) is 6.21. The lowest BCUT2D eigenvalue weighted by Crippen LogP contribution is -2.60. The van der Waals surface area contributed by atoms with E-state index in [1.807, 2.05) is 24.3 Å². The molecule has 0 bridgehead atoms. The van der Waals surface area contributed by atoms with Gasteiger partial charge in [-0.25, -0.2) is 0 Å². The number of likely N-dealkylation sites (tertiary alicyclic amines) is 1. The highest BCUT2D eigenvalue weighted by Crippen LogP contribution is 2.39. The van der Waals surface area contributed by atoms with Crippen LogP contribution in [0.15, 0.2) is 24.3 Å². The van der Waals surface area contributed by atoms with Crippen LogP contribution in [0.25, 0.3) is 0 Å². The Bertz CT molecular complexity index is 772. The first-order chi connectivity index (χ1) is 14.5. The van der Waals surface area contributed by atoms with Gasteiger partial charge >= 0.3 is 0 Å². The maximum absolute atomic E-state index is 13.3. The van der Waals surface area contributed by atoms with Gasteiger partial charge in [-0.15, -0.1) is 0 Å². The summed E-state index contributed by atoms with van der Waals surface area (Å²) in [6.07, 6.45) is 5.34. The van der Waals surface area contributed by atoms with Gasteiger partial charge in [0.1, 0.15) is 5.75 Å². The number of piperidine rings is 1. The zero-order valence-corrected chi connectivity index (χ0v) is 19.1. The van der Waals surface area contributed by atoms with Gasteiger partial charge in [0, 0.05) is 38.2 Å². The summed E-state index contributed by atoms with van der Waals surface area (Å²) in [6.45, 7) is 6.95. The molecule has 1 amide bonds. The Morgan fingerprint density at radius 2 is 1.97 bits per heavy atom. The van der Waals surface area contributed by atoms with Crippen molar-refractivity contribution in [3.8, 4) is 5.75 Å². The zero-order valence-electron chi connectivity index (χ0n) is 18.3. The summed E-state index contributed by atoms with van der Waals surface area (Å²) in [5, 5.41) is 7.87. The fourth-order valence-electron chi connectivity index (χ4n) is 4.62. The van der Waals surface area contributed by atoms with E-state index in [-0.39, 0.29) is 11.7 Å². The Hall–Kier alpha value is -1.86. The monoisotopic (exact) mass is 430 g/mol. The van der Waals surface area contributed by atoms with Crippen molar-refractivity contribution >= 4 is 28.9 Å². The first-order valence-electron chi connectivity index (χ1n) is 11.2. The second-order valence-corrected chi connectivity index (χ2v) is 9.46. The van der Waals surface area contributed by atoms with Crippen molar-refractivity contribution in [2.75, 3.05) is 32.1 Å². The van der Waals surface area contributed by atoms with E-state index in [9.17, 15) is 4.79 Å². The lowest BCUT2D eigenvalue weighted by Gasteiger charge is -2.45. The molecule has 3 aliphatic rings. The second-order valence-electron chi connectivity index (χ2n) is 9.08. The van der Waals surface area contributed by atoms with E-state index >= 15 is 0 Å². The summed E-state index contributed by atoms with van der Waals surface area (Å²) in [5.41, 5.74) is 0.752. The molecule has 2 saturated heterocycles. The van der Waals surface area contributed by atoms with Crippen molar-refractivity contribution in [1.82, 2.24) is 15.1 Å². The smallest absolute Gasteiger partial charge is 0.241 e. The topological polar surface area (TPSA) is 56.8 Å². The standard InChI is InChI=1S/C23H34N4O2S/c1-4-16(2)20-21(28)27(15-17-5-6-17)23(25-20)11-13-26(14-12-23)22(30)24-18-7-9-19(29-3)10-8-18/h7-10,16-17,20,25H,4-6,11-15H2,1-3H3,(H,24,30)/t16-,20-/m0/s1. The molecule has 0 unspecified atom stereocenters. The average Bonchev–Trinajstić information content (AvgIpc) is 3.56. The molecule has 0 aromatic heterocycles. The van der Waals surface area contributed by atoms with Gasteiger partial charge < -0.3 is 19.9 Å². The summed E-state index contributed by atoms with van der Waals surface area (Å²) in [6, 6.07) is 7.75. The molecule has 1 aromatic rings. The quantitative estimate of drug-likeness (QED) is 0.675. The fraction of sp³-hybridized carbons (Fsp3) is 0.652. The number of nitrogens with zero attached hydrogens (tertiary/aromatic N) is 2. The van der Waals surface area contributed by atoms with E-state index in [0.717, 1.165) is 55.4 Å². The molecule has 6 nitrogen and oxygen atoms in total. The molecule has 4 rings (SSSR count). The normalized spacial score (nSPS) is 24.2. The Labute approximate surface area is 185 Å². The first-order valence-corrected chi connectivity index (χ1v) is 11.7. The predicted octanol–water partition coefficient (Wildman–Crippen LogP) is 3.44. The van der Waals surface area contributed by atoms with E-state index in [1.165, 1.54) is 12.8 Å². The summed E-state index contributed by atoms with van der Waals surface area (Å²) >= 11 is 5.68. The lowest BCUT2D eigenvalue weighted by molar-refractivity contribution is -0.134. The molecule has 1 spiro atoms. The maximum Gasteiger partial charge on any atom is 0.241 e. The van der Waals surface area contributed by atoms with Crippen LogP contribution in [0.1, 0.15) is 46.0 Å². The van der Waals surface area contributed by atoms with Gasteiger partial charge in [-0.2, -0.15) is 0 Å². The van der Waals surface area contributed by atoms with Gasteiger partial charge in [-0.1, -0.05) is 20.3 Å². The number of carbonyl (C=O) groups excluding carboxylic acids is 1. The number of carbonyl (C=O) groups is 1. The minimum atomic E-state index is -0.208. The molecule has 164 valence electrons. The van der Waals surface area contributed by atoms with E-state index in [0.29, 0.717) is 17.7 Å². The number of nitrogens with one attached hydrogen (secondary N) is 2. The highest BCUT2D eigenvalue weighted by atomic mass is 32.1. The Balaban J connectivity index is 1.40. The first kappa shape index (κ1) is 21.4. The molecule has 1 aromatic carbocycles. The zero-order chi connectivity index (χ0) is 21.3. The largest absolute Gasteiger partial charge is 0.497 e. The van der Waals surface area contributed by atoms with Crippen molar-refractivity contribution in [2.24, 2.45) is 11.8 Å². The van der Waals surface area contributed by atoms with Crippen molar-refractivity contribution in [1.29, 1.82) is 0 Å². The SMILES string of the molecule is CC[C@H](C)[C@@H]1NC2(CCN(C(=S)Nc3ccc(OC)cc3)CC2)N(CC2CC2)C1=O. The van der Waals surface area contributed by atoms with Gasteiger partial charge in [-0.05, 0) is 61.2 Å². The van der Waals surface area contributed by atoms with Gasteiger partial charge in [0.2, 0.25) is 5.91 Å². The van der Waals surface area contributed by atoms with Crippen LogP contribution in [0.5, 0.6) is 5.75 Å². The summed E-state index contributed by atoms with van der Waals surface area (Å²) in [4.78, 5) is 17.7. The van der Waals surface area contributed by atoms with E-state index in [2.05, 4.69) is 34.3 Å². The minimum Gasteiger partial charge on any atom is -0.497 e. The van der Waals surface area contributed by atoms with Crippen LogP contribution >= 0.6 is 12.2 Å². The van der Waals surface area contributed by atoms with Crippen LogP contribution in [0.4, 0.5) is 5.69 Å². The van der Waals surface area contributed by atoms with Crippen LogP contribution in [-0.4, -0.2) is 59.3 Å². The third-order valence-corrected chi connectivity index (χ3v) is 7.40. The highest BCUT2D eigenvalue weighted by molar-refractivity contribution is 7.80. The molecule has 2 heterocycles. The number of ether oxygens (including phenoxy) is 1. The van der Waals surface area contributed by atoms with Crippen molar-refractivity contribution in [3.05, 3.63) is 24.3 Å². The summed E-state index contributed by atoms with van der Waals surface area (Å²) in [7, 11) is 1.66. The number of methoxy groups -OCH3 is 1. The van der Waals surface area contributed by atoms with Crippen LogP contribution in [0.3, 0.4) is 0 Å². The molecular weight excluding hydrogens is 396 g/mol. The molecular formula is C23H34N4O2S. The average molecular weight is 431 g/mol. The maximum atomic E-state index is 13.3. The van der Waals surface area contributed by atoms with Crippen LogP contribution in [-0.2, 0) is 4.79 Å². The fourth-order valence-corrected chi connectivity index (χ4v) is 4.92. The Morgan fingerprint density at radius 3 is 2.53 bits per heavy atom. The Morgan fingerprint density at radius 1 is 1.30 bits per heavy atom. The van der Waals surface area contributed by atoms with E-state index < -0.39 is 0 Å². The number of anilines is 1. The number of rotatable bonds is 6. The number of amides is 1. The van der Waals surface area contributed by atoms with Gasteiger partial charge in [0.05, 0.1) is 18.8 Å². The van der Waals surface area contributed by atoms with Crippen LogP contribution < -0.4 is 15.4 Å². The number of hydrogen-bond acceptors (Lipinski definition) is 4. The van der Waals surface area contributed by atoms with Gasteiger partial charge in [-0.3, -0.25) is 10.1 Å². The molecule has 7 heteroatoms. The molecule has 1 aliphatic carbocycles. The van der Waals surface area contributed by atoms with Gasteiger partial charge in [0.25, 0.3) is 0 Å². The number of hydrogen-bond donors (Lipinski definition) is 2. The van der Waals surface area contributed by atoms with Crippen LogP contribution in [0, 0.1) is 11.8 Å². The summed E-state index contributed by atoms with van der Waals surface area (Å²) < 4.78 is 5.22. The number of thiocarbonyl (C=S) groups is 1. The predicted molar refractivity (Wildman–Crippen MR) is 124 cm³/mol. The lowest BCUT2D eigenvalue weighted by atomic mass is 9.95. The van der Waals surface area contributed by atoms with Crippen molar-refractivity contribution in [2.45, 2.75) is 57.7 Å². The third kappa shape index (κ3) is 4.28. The molecule has 30 heavy (non-hydrogen) atoms. The summed E-state index contributed by atoms with van der Waals surface area (Å²) in [5.74, 6) is 2.19. The second kappa shape index (κ2) is 8.71. The molecule has 2 atom stereocenters. The van der Waals surface area contributed by atoms with E-state index in [4.69, 9.17) is 17.0 Å². The third-order valence-electron chi connectivity index (χ3n) is 7.04. The van der Waals surface area contributed by atoms with Crippen molar-refractivity contribution in [3.63, 3.8) is 0 Å². The van der Waals surface area contributed by atoms with Crippen molar-refractivity contribution < 1.29 is 9.53 Å². The number of benzene rings is 1. The highest BCUT2D eigenvalue weighted by Gasteiger charge is 2.53. The van der Waals surface area contributed by atoms with E-state index in [1.54, 1.807) is 7.11 Å². The minimum absolute atomic E-state index is 0.0512. The molecule has 1 saturated carbocycles. The molecule has 3 fully saturated rings.